The number of nitrogen functional groups attached to an aromatic ring is 1. The van der Waals surface area contributed by atoms with Crippen molar-refractivity contribution < 1.29 is 4.79 Å². The highest BCUT2D eigenvalue weighted by atomic mass is 79.9. The summed E-state index contributed by atoms with van der Waals surface area (Å²) >= 11 is 4.98. The quantitative estimate of drug-likeness (QED) is 0.691. The van der Waals surface area contributed by atoms with Crippen molar-refractivity contribution in [2.75, 3.05) is 5.73 Å². The van der Waals surface area contributed by atoms with Crippen LogP contribution in [-0.4, -0.2) is 5.78 Å². The Labute approximate surface area is 113 Å². The molecule has 0 aliphatic carbocycles. The molecule has 0 saturated carbocycles. The molecule has 0 amide bonds. The van der Waals surface area contributed by atoms with E-state index in [1.54, 1.807) is 11.3 Å². The van der Waals surface area contributed by atoms with Gasteiger partial charge in [0, 0.05) is 22.5 Å². The number of benzene rings is 1. The van der Waals surface area contributed by atoms with Crippen LogP contribution >= 0.6 is 27.3 Å². The molecule has 2 N–H and O–H groups in total. The topological polar surface area (TPSA) is 43.1 Å². The van der Waals surface area contributed by atoms with Crippen molar-refractivity contribution >= 4 is 38.7 Å². The molecule has 0 spiro atoms. The summed E-state index contributed by atoms with van der Waals surface area (Å²) in [5, 5.41) is 0. The molecule has 0 aliphatic rings. The minimum atomic E-state index is 0.115. The largest absolute Gasteiger partial charge is 0.398 e. The summed E-state index contributed by atoms with van der Waals surface area (Å²) in [7, 11) is 0. The first-order chi connectivity index (χ1) is 8.08. The molecule has 0 atom stereocenters. The molecular weight excluding hydrogens is 298 g/mol. The highest BCUT2D eigenvalue weighted by molar-refractivity contribution is 9.11. The van der Waals surface area contributed by atoms with Gasteiger partial charge in [0.2, 0.25) is 0 Å². The molecule has 0 saturated heterocycles. The number of carbonyl (C=O) groups is 1. The first kappa shape index (κ1) is 12.3. The Hall–Kier alpha value is -1.13. The fraction of sp³-hybridized carbons (Fsp3) is 0.154. The normalized spacial score (nSPS) is 10.5. The van der Waals surface area contributed by atoms with Gasteiger partial charge in [0.05, 0.1) is 3.79 Å². The van der Waals surface area contributed by atoms with Crippen LogP contribution in [0, 0.1) is 6.92 Å². The number of rotatable bonds is 3. The van der Waals surface area contributed by atoms with E-state index in [-0.39, 0.29) is 5.78 Å². The number of Topliss-reactive ketones (excluding diaryl/α,β-unsaturated/α-hetero) is 1. The van der Waals surface area contributed by atoms with Gasteiger partial charge >= 0.3 is 0 Å². The van der Waals surface area contributed by atoms with Crippen LogP contribution in [0.5, 0.6) is 0 Å². The summed E-state index contributed by atoms with van der Waals surface area (Å²) in [5.41, 5.74) is 8.05. The summed E-state index contributed by atoms with van der Waals surface area (Å²) in [5.74, 6) is 0.115. The van der Waals surface area contributed by atoms with Gasteiger partial charge in [-0.2, -0.15) is 0 Å². The van der Waals surface area contributed by atoms with Gasteiger partial charge in [0.25, 0.3) is 0 Å². The SMILES string of the molecule is Cc1c(N)cccc1C(=O)Cc1ccc(Br)s1. The third-order valence-electron chi connectivity index (χ3n) is 2.64. The summed E-state index contributed by atoms with van der Waals surface area (Å²) < 4.78 is 1.05. The first-order valence-electron chi connectivity index (χ1n) is 5.20. The number of halogens is 1. The molecule has 2 nitrogen and oxygen atoms in total. The van der Waals surface area contributed by atoms with Crippen LogP contribution in [0.15, 0.2) is 34.1 Å². The number of hydrogen-bond donors (Lipinski definition) is 1. The lowest BCUT2D eigenvalue weighted by molar-refractivity contribution is 0.0993. The molecule has 88 valence electrons. The van der Waals surface area contributed by atoms with Gasteiger partial charge in [-0.1, -0.05) is 12.1 Å². The lowest BCUT2D eigenvalue weighted by atomic mass is 10.0. The molecule has 0 aliphatic heterocycles. The average Bonchev–Trinajstić information content (AvgIpc) is 2.68. The summed E-state index contributed by atoms with van der Waals surface area (Å²) in [6.07, 6.45) is 0.431. The number of anilines is 1. The van der Waals surface area contributed by atoms with Crippen LogP contribution in [0.2, 0.25) is 0 Å². The Balaban J connectivity index is 2.23. The van der Waals surface area contributed by atoms with Gasteiger partial charge in [-0.3, -0.25) is 4.79 Å². The van der Waals surface area contributed by atoms with E-state index >= 15 is 0 Å². The Bertz CT molecular complexity index is 562. The van der Waals surface area contributed by atoms with E-state index in [2.05, 4.69) is 15.9 Å². The van der Waals surface area contributed by atoms with Crippen LogP contribution in [0.1, 0.15) is 20.8 Å². The lowest BCUT2D eigenvalue weighted by Gasteiger charge is -2.06. The van der Waals surface area contributed by atoms with Gasteiger partial charge in [0.1, 0.15) is 0 Å². The van der Waals surface area contributed by atoms with E-state index in [1.165, 1.54) is 0 Å². The Kier molecular flexibility index (Phi) is 3.64. The number of hydrogen-bond acceptors (Lipinski definition) is 3. The fourth-order valence-electron chi connectivity index (χ4n) is 1.66. The zero-order valence-electron chi connectivity index (χ0n) is 9.37. The maximum atomic E-state index is 12.1. The van der Waals surface area contributed by atoms with Crippen LogP contribution in [-0.2, 0) is 6.42 Å². The Morgan fingerprint density at radius 2 is 2.12 bits per heavy atom. The first-order valence-corrected chi connectivity index (χ1v) is 6.81. The molecule has 1 aromatic carbocycles. The molecule has 0 bridgehead atoms. The van der Waals surface area contributed by atoms with Gasteiger partial charge in [-0.25, -0.2) is 0 Å². The minimum absolute atomic E-state index is 0.115. The molecule has 1 heterocycles. The second kappa shape index (κ2) is 5.02. The summed E-state index contributed by atoms with van der Waals surface area (Å²) in [6, 6.07) is 9.39. The van der Waals surface area contributed by atoms with Crippen LogP contribution in [0.4, 0.5) is 5.69 Å². The monoisotopic (exact) mass is 309 g/mol. The molecule has 0 radical (unpaired) electrons. The van der Waals surface area contributed by atoms with E-state index in [9.17, 15) is 4.79 Å². The highest BCUT2D eigenvalue weighted by Crippen LogP contribution is 2.24. The van der Waals surface area contributed by atoms with Crippen molar-refractivity contribution in [2.45, 2.75) is 13.3 Å². The van der Waals surface area contributed by atoms with Gasteiger partial charge in [-0.05, 0) is 46.6 Å². The van der Waals surface area contributed by atoms with E-state index in [0.717, 1.165) is 19.8 Å². The Morgan fingerprint density at radius 3 is 2.76 bits per heavy atom. The average molecular weight is 310 g/mol. The molecule has 4 heteroatoms. The molecular formula is C13H12BrNOS. The number of ketones is 1. The smallest absolute Gasteiger partial charge is 0.168 e. The predicted molar refractivity (Wildman–Crippen MR) is 75.6 cm³/mol. The predicted octanol–water partition coefficient (Wildman–Crippen LogP) is 3.83. The number of carbonyl (C=O) groups excluding carboxylic acids is 1. The third-order valence-corrected chi connectivity index (χ3v) is 4.26. The van der Waals surface area contributed by atoms with Gasteiger partial charge in [-0.15, -0.1) is 11.3 Å². The van der Waals surface area contributed by atoms with Crippen LogP contribution in [0.3, 0.4) is 0 Å². The van der Waals surface area contributed by atoms with E-state index < -0.39 is 0 Å². The number of nitrogens with two attached hydrogens (primary N) is 1. The van der Waals surface area contributed by atoms with Crippen molar-refractivity contribution in [1.82, 2.24) is 0 Å². The Morgan fingerprint density at radius 1 is 1.35 bits per heavy atom. The molecule has 17 heavy (non-hydrogen) atoms. The zero-order valence-corrected chi connectivity index (χ0v) is 11.8. The van der Waals surface area contributed by atoms with Crippen molar-refractivity contribution in [1.29, 1.82) is 0 Å². The molecule has 1 aromatic heterocycles. The lowest BCUT2D eigenvalue weighted by Crippen LogP contribution is -2.06. The van der Waals surface area contributed by atoms with Gasteiger partial charge < -0.3 is 5.73 Å². The third kappa shape index (κ3) is 2.76. The van der Waals surface area contributed by atoms with Gasteiger partial charge in [0.15, 0.2) is 5.78 Å². The second-order valence-corrected chi connectivity index (χ2v) is 6.37. The number of thiophene rings is 1. The maximum Gasteiger partial charge on any atom is 0.168 e. The van der Waals surface area contributed by atoms with Crippen molar-refractivity contribution in [2.24, 2.45) is 0 Å². The molecule has 0 fully saturated rings. The van der Waals surface area contributed by atoms with Crippen LogP contribution < -0.4 is 5.73 Å². The van der Waals surface area contributed by atoms with Crippen LogP contribution in [0.25, 0.3) is 0 Å². The zero-order chi connectivity index (χ0) is 12.4. The standard InChI is InChI=1S/C13H12BrNOS/c1-8-10(3-2-4-11(8)15)12(16)7-9-5-6-13(14)17-9/h2-6H,7,15H2,1H3. The van der Waals surface area contributed by atoms with Crippen molar-refractivity contribution in [3.8, 4) is 0 Å². The molecule has 0 unspecified atom stereocenters. The molecule has 2 rings (SSSR count). The fourth-order valence-corrected chi connectivity index (χ4v) is 3.14. The minimum Gasteiger partial charge on any atom is -0.398 e. The van der Waals surface area contributed by atoms with E-state index in [0.29, 0.717) is 12.1 Å². The van der Waals surface area contributed by atoms with Crippen molar-refractivity contribution in [3.05, 3.63) is 50.1 Å². The van der Waals surface area contributed by atoms with E-state index in [4.69, 9.17) is 5.73 Å². The molecule has 2 aromatic rings. The maximum absolute atomic E-state index is 12.1. The van der Waals surface area contributed by atoms with E-state index in [1.807, 2.05) is 37.3 Å². The highest BCUT2D eigenvalue weighted by Gasteiger charge is 2.12. The summed E-state index contributed by atoms with van der Waals surface area (Å²) in [6.45, 7) is 1.88. The second-order valence-electron chi connectivity index (χ2n) is 3.83. The summed E-state index contributed by atoms with van der Waals surface area (Å²) in [4.78, 5) is 13.2. The van der Waals surface area contributed by atoms with Crippen molar-refractivity contribution in [3.63, 3.8) is 0 Å².